The molecule has 0 aliphatic carbocycles. The highest BCUT2D eigenvalue weighted by Crippen LogP contribution is 2.23. The fraction of sp³-hybridized carbons (Fsp3) is 0.529. The number of benzene rings is 1. The molecule has 148 valence electrons. The van der Waals surface area contributed by atoms with Crippen LogP contribution >= 0.6 is 23.6 Å². The lowest BCUT2D eigenvalue weighted by Gasteiger charge is -2.29. The van der Waals surface area contributed by atoms with Crippen molar-refractivity contribution in [1.29, 1.82) is 0 Å². The third-order valence-corrected chi connectivity index (χ3v) is 7.30. The second kappa shape index (κ2) is 8.34. The highest BCUT2D eigenvalue weighted by Gasteiger charge is 2.32. The Balaban J connectivity index is 1.76. The normalized spacial score (nSPS) is 19.1. The molecule has 1 atom stereocenters. The average Bonchev–Trinajstić information content (AvgIpc) is 3.08. The van der Waals surface area contributed by atoms with E-state index in [4.69, 9.17) is 12.2 Å². The Morgan fingerprint density at radius 2 is 2.26 bits per heavy atom. The minimum Gasteiger partial charge on any atom is -0.330 e. The molecule has 1 aliphatic heterocycles. The molecule has 0 amide bonds. The Morgan fingerprint density at radius 1 is 1.48 bits per heavy atom. The van der Waals surface area contributed by atoms with Gasteiger partial charge in [0.15, 0.2) is 13.8 Å². The van der Waals surface area contributed by atoms with Crippen LogP contribution in [0, 0.1) is 15.7 Å². The number of halogens is 1. The van der Waals surface area contributed by atoms with E-state index in [1.807, 2.05) is 0 Å². The summed E-state index contributed by atoms with van der Waals surface area (Å²) in [4.78, 5) is 2.15. The lowest BCUT2D eigenvalue weighted by molar-refractivity contribution is 0.138. The smallest absolute Gasteiger partial charge is 0.209 e. The second-order valence-corrected chi connectivity index (χ2v) is 11.0. The highest BCUT2D eigenvalue weighted by atomic mass is 32.2. The minimum absolute atomic E-state index is 0.0133. The zero-order chi connectivity index (χ0) is 19.6. The van der Waals surface area contributed by atoms with Crippen LogP contribution < -0.4 is 5.32 Å². The summed E-state index contributed by atoms with van der Waals surface area (Å²) in [5.41, 5.74) is 0.604. The van der Waals surface area contributed by atoms with Crippen LogP contribution in [0.3, 0.4) is 0 Å². The van der Waals surface area contributed by atoms with Crippen LogP contribution in [0.15, 0.2) is 24.3 Å². The molecule has 1 N–H and O–H groups in total. The monoisotopic (exact) mass is 430 g/mol. The first-order chi connectivity index (χ1) is 12.7. The Labute approximate surface area is 167 Å². The maximum absolute atomic E-state index is 13.3. The molecule has 0 bridgehead atoms. The van der Waals surface area contributed by atoms with Gasteiger partial charge in [-0.05, 0) is 42.8 Å². The summed E-state index contributed by atoms with van der Waals surface area (Å²) in [6.45, 7) is 5.42. The molecule has 2 aromatic rings. The quantitative estimate of drug-likeness (QED) is 0.676. The Hall–Kier alpha value is -1.36. The van der Waals surface area contributed by atoms with Crippen LogP contribution in [0.5, 0.6) is 0 Å². The molecular formula is C17H23FN4O2S3. The molecule has 0 unspecified atom stereocenters. The van der Waals surface area contributed by atoms with E-state index in [0.29, 0.717) is 33.8 Å². The van der Waals surface area contributed by atoms with Crippen molar-refractivity contribution >= 4 is 44.2 Å². The molecule has 10 heteroatoms. The van der Waals surface area contributed by atoms with Crippen LogP contribution in [0.2, 0.25) is 0 Å². The lowest BCUT2D eigenvalue weighted by Crippen LogP contribution is -2.40. The van der Waals surface area contributed by atoms with Gasteiger partial charge >= 0.3 is 0 Å². The van der Waals surface area contributed by atoms with E-state index >= 15 is 0 Å². The number of anilines is 2. The first kappa shape index (κ1) is 20.4. The minimum atomic E-state index is -2.96. The number of rotatable bonds is 7. The van der Waals surface area contributed by atoms with Gasteiger partial charge in [-0.1, -0.05) is 31.3 Å². The molecule has 0 radical (unpaired) electrons. The van der Waals surface area contributed by atoms with Crippen molar-refractivity contribution in [2.45, 2.75) is 33.0 Å². The third-order valence-electron chi connectivity index (χ3n) is 4.32. The molecule has 3 rings (SSSR count). The van der Waals surface area contributed by atoms with Crippen molar-refractivity contribution in [3.8, 4) is 0 Å². The van der Waals surface area contributed by atoms with E-state index in [1.165, 1.54) is 23.5 Å². The summed E-state index contributed by atoms with van der Waals surface area (Å²) < 4.78 is 39.4. The molecule has 2 heterocycles. The average molecular weight is 431 g/mol. The van der Waals surface area contributed by atoms with Crippen LogP contribution in [0.25, 0.3) is 0 Å². The SMILES string of the molecule is CC(C)CN(Cn1nc(Nc2cccc(F)c2)sc1=S)[C@@H]1CCS(=O)(=O)C1. The zero-order valence-electron chi connectivity index (χ0n) is 15.3. The molecule has 1 aromatic carbocycles. The van der Waals surface area contributed by atoms with E-state index in [1.54, 1.807) is 16.8 Å². The van der Waals surface area contributed by atoms with Gasteiger partial charge in [0.05, 0.1) is 18.2 Å². The van der Waals surface area contributed by atoms with Gasteiger partial charge in [0, 0.05) is 18.3 Å². The van der Waals surface area contributed by atoms with Crippen LogP contribution in [0.4, 0.5) is 15.2 Å². The fourth-order valence-electron chi connectivity index (χ4n) is 3.16. The van der Waals surface area contributed by atoms with Gasteiger partial charge in [-0.25, -0.2) is 17.5 Å². The molecule has 1 aromatic heterocycles. The second-order valence-electron chi connectivity index (χ2n) is 7.17. The maximum Gasteiger partial charge on any atom is 0.209 e. The van der Waals surface area contributed by atoms with Crippen molar-refractivity contribution in [1.82, 2.24) is 14.7 Å². The molecule has 1 fully saturated rings. The molecule has 6 nitrogen and oxygen atoms in total. The van der Waals surface area contributed by atoms with Crippen molar-refractivity contribution in [3.05, 3.63) is 34.0 Å². The summed E-state index contributed by atoms with van der Waals surface area (Å²) in [5, 5.41) is 8.14. The van der Waals surface area contributed by atoms with Gasteiger partial charge in [0.1, 0.15) is 5.82 Å². The summed E-state index contributed by atoms with van der Waals surface area (Å²) in [5.74, 6) is 0.492. The summed E-state index contributed by atoms with van der Waals surface area (Å²) in [6, 6.07) is 6.14. The molecule has 0 spiro atoms. The number of nitrogens with zero attached hydrogens (tertiary/aromatic N) is 3. The Bertz CT molecular complexity index is 955. The Morgan fingerprint density at radius 3 is 2.89 bits per heavy atom. The topological polar surface area (TPSA) is 67.2 Å². The highest BCUT2D eigenvalue weighted by molar-refractivity contribution is 7.91. The maximum atomic E-state index is 13.3. The first-order valence-corrected chi connectivity index (χ1v) is 11.8. The van der Waals surface area contributed by atoms with Crippen LogP contribution in [-0.2, 0) is 16.5 Å². The van der Waals surface area contributed by atoms with E-state index in [2.05, 4.69) is 29.2 Å². The van der Waals surface area contributed by atoms with E-state index in [9.17, 15) is 12.8 Å². The predicted octanol–water partition coefficient (Wildman–Crippen LogP) is 3.66. The summed E-state index contributed by atoms with van der Waals surface area (Å²) >= 11 is 6.73. The van der Waals surface area contributed by atoms with E-state index in [0.717, 1.165) is 6.54 Å². The molecule has 1 saturated heterocycles. The number of hydrogen-bond acceptors (Lipinski definition) is 7. The molecule has 27 heavy (non-hydrogen) atoms. The van der Waals surface area contributed by atoms with Gasteiger partial charge in [-0.15, -0.1) is 5.10 Å². The van der Waals surface area contributed by atoms with Crippen molar-refractivity contribution in [3.63, 3.8) is 0 Å². The standard InChI is InChI=1S/C17H23FN4O2S3/c1-12(2)9-21(15-6-7-27(23,24)10-15)11-22-17(25)26-16(20-22)19-14-5-3-4-13(18)8-14/h3-5,8,12,15H,6-7,9-11H2,1-2H3,(H,19,20)/t15-/m1/s1. The largest absolute Gasteiger partial charge is 0.330 e. The van der Waals surface area contributed by atoms with Gasteiger partial charge in [-0.2, -0.15) is 0 Å². The number of sulfone groups is 1. The zero-order valence-corrected chi connectivity index (χ0v) is 17.7. The summed E-state index contributed by atoms with van der Waals surface area (Å²) in [6.07, 6.45) is 0.640. The molecule has 0 saturated carbocycles. The first-order valence-electron chi connectivity index (χ1n) is 8.77. The van der Waals surface area contributed by atoms with Crippen LogP contribution in [-0.4, -0.2) is 47.2 Å². The summed E-state index contributed by atoms with van der Waals surface area (Å²) in [7, 11) is -2.96. The van der Waals surface area contributed by atoms with Crippen molar-refractivity contribution < 1.29 is 12.8 Å². The molecular weight excluding hydrogens is 407 g/mol. The number of nitrogens with one attached hydrogen (secondary N) is 1. The Kier molecular flexibility index (Phi) is 6.29. The van der Waals surface area contributed by atoms with Crippen LogP contribution in [0.1, 0.15) is 20.3 Å². The lowest BCUT2D eigenvalue weighted by atomic mass is 10.1. The van der Waals surface area contributed by atoms with Gasteiger partial charge in [0.25, 0.3) is 0 Å². The third kappa shape index (κ3) is 5.56. The van der Waals surface area contributed by atoms with E-state index in [-0.39, 0.29) is 23.4 Å². The predicted molar refractivity (Wildman–Crippen MR) is 109 cm³/mol. The van der Waals surface area contributed by atoms with Crippen molar-refractivity contribution in [2.75, 3.05) is 23.4 Å². The van der Waals surface area contributed by atoms with Gasteiger partial charge < -0.3 is 5.32 Å². The van der Waals surface area contributed by atoms with Gasteiger partial charge in [0.2, 0.25) is 5.13 Å². The fourth-order valence-corrected chi connectivity index (χ4v) is 5.94. The van der Waals surface area contributed by atoms with E-state index < -0.39 is 9.84 Å². The van der Waals surface area contributed by atoms with Gasteiger partial charge in [-0.3, -0.25) is 4.90 Å². The molecule has 1 aliphatic rings. The van der Waals surface area contributed by atoms with Crippen molar-refractivity contribution in [2.24, 2.45) is 5.92 Å². The number of hydrogen-bond donors (Lipinski definition) is 1. The number of aromatic nitrogens is 2.